The molecule has 0 atom stereocenters. The number of hydrogen-bond acceptors (Lipinski definition) is 3. The number of methoxy groups -OCH3 is 1. The van der Waals surface area contributed by atoms with Gasteiger partial charge in [0.25, 0.3) is 0 Å². The zero-order valence-corrected chi connectivity index (χ0v) is 15.8. The number of aryl methyl sites for hydroxylation is 1. The number of allylic oxidation sites excluding steroid dienone is 2. The Morgan fingerprint density at radius 3 is 2.73 bits per heavy atom. The highest BCUT2D eigenvalue weighted by atomic mass is 32.2. The van der Waals surface area contributed by atoms with E-state index in [0.717, 1.165) is 37.4 Å². The number of rotatable bonds is 8. The van der Waals surface area contributed by atoms with Gasteiger partial charge in [0.2, 0.25) is 0 Å². The smallest absolute Gasteiger partial charge is 0.123 e. The average Bonchev–Trinajstić information content (AvgIpc) is 2.68. The Morgan fingerprint density at radius 2 is 1.92 bits per heavy atom. The molecule has 136 valence electrons. The molecule has 0 saturated carbocycles. The first-order valence-electron chi connectivity index (χ1n) is 8.87. The standard InChI is InChI=1S/C22H24FNOS/c1-25-21-9-3-2-8-19(21)17-24-15-5-4-10-22(24)26-16-6-7-18-11-13-20(23)14-12-18/h2-5,8-14H,6-7,15-17H2,1H3. The second kappa shape index (κ2) is 9.48. The second-order valence-electron chi connectivity index (χ2n) is 6.20. The van der Waals surface area contributed by atoms with E-state index < -0.39 is 0 Å². The number of para-hydroxylation sites is 1. The predicted molar refractivity (Wildman–Crippen MR) is 108 cm³/mol. The monoisotopic (exact) mass is 369 g/mol. The summed E-state index contributed by atoms with van der Waals surface area (Å²) in [6, 6.07) is 15.0. The van der Waals surface area contributed by atoms with Gasteiger partial charge in [0.05, 0.1) is 12.1 Å². The number of thioether (sulfide) groups is 1. The van der Waals surface area contributed by atoms with Crippen molar-refractivity contribution in [3.63, 3.8) is 0 Å². The van der Waals surface area contributed by atoms with Crippen LogP contribution in [0.25, 0.3) is 0 Å². The number of nitrogens with zero attached hydrogens (tertiary/aromatic N) is 1. The fraction of sp³-hybridized carbons (Fsp3) is 0.273. The van der Waals surface area contributed by atoms with Crippen LogP contribution in [0, 0.1) is 5.82 Å². The molecule has 0 saturated heterocycles. The van der Waals surface area contributed by atoms with Crippen LogP contribution in [0.15, 0.2) is 71.8 Å². The van der Waals surface area contributed by atoms with Gasteiger partial charge in [-0.1, -0.05) is 42.5 Å². The molecule has 0 bridgehead atoms. The molecule has 0 radical (unpaired) electrons. The number of halogens is 1. The largest absolute Gasteiger partial charge is 0.496 e. The Kier molecular flexibility index (Phi) is 6.78. The van der Waals surface area contributed by atoms with Crippen LogP contribution in [0.2, 0.25) is 0 Å². The molecule has 2 aromatic rings. The molecule has 1 aliphatic heterocycles. The van der Waals surface area contributed by atoms with E-state index in [1.807, 2.05) is 36.0 Å². The van der Waals surface area contributed by atoms with Gasteiger partial charge in [-0.05, 0) is 48.4 Å². The lowest BCUT2D eigenvalue weighted by molar-refractivity contribution is 0.368. The predicted octanol–water partition coefficient (Wildman–Crippen LogP) is 5.41. The highest BCUT2D eigenvalue weighted by molar-refractivity contribution is 8.03. The molecule has 0 fully saturated rings. The summed E-state index contributed by atoms with van der Waals surface area (Å²) in [6.07, 6.45) is 8.53. The molecule has 2 aromatic carbocycles. The SMILES string of the molecule is COc1ccccc1CN1CC=CC=C1SCCCc1ccc(F)cc1. The van der Waals surface area contributed by atoms with Crippen LogP contribution in [-0.4, -0.2) is 24.3 Å². The van der Waals surface area contributed by atoms with Crippen LogP contribution in [0.5, 0.6) is 5.75 Å². The molecule has 3 rings (SSSR count). The van der Waals surface area contributed by atoms with Gasteiger partial charge in [-0.3, -0.25) is 0 Å². The molecule has 0 unspecified atom stereocenters. The van der Waals surface area contributed by atoms with Crippen molar-refractivity contribution in [2.75, 3.05) is 19.4 Å². The first-order chi connectivity index (χ1) is 12.8. The molecular formula is C22H24FNOS. The van der Waals surface area contributed by atoms with Crippen LogP contribution >= 0.6 is 11.8 Å². The van der Waals surface area contributed by atoms with Gasteiger partial charge in [-0.2, -0.15) is 0 Å². The van der Waals surface area contributed by atoms with Gasteiger partial charge in [0.15, 0.2) is 0 Å². The van der Waals surface area contributed by atoms with Crippen molar-refractivity contribution in [1.29, 1.82) is 0 Å². The van der Waals surface area contributed by atoms with E-state index in [9.17, 15) is 4.39 Å². The van der Waals surface area contributed by atoms with Gasteiger partial charge in [0, 0.05) is 18.7 Å². The third-order valence-corrected chi connectivity index (χ3v) is 5.52. The fourth-order valence-electron chi connectivity index (χ4n) is 2.96. The van der Waals surface area contributed by atoms with E-state index in [0.29, 0.717) is 0 Å². The van der Waals surface area contributed by atoms with Crippen molar-refractivity contribution < 1.29 is 9.13 Å². The molecule has 1 aliphatic rings. The van der Waals surface area contributed by atoms with Gasteiger partial charge >= 0.3 is 0 Å². The molecule has 0 aromatic heterocycles. The average molecular weight is 370 g/mol. The summed E-state index contributed by atoms with van der Waals surface area (Å²) >= 11 is 1.88. The van der Waals surface area contributed by atoms with E-state index in [-0.39, 0.29) is 5.82 Å². The molecule has 4 heteroatoms. The second-order valence-corrected chi connectivity index (χ2v) is 7.32. The summed E-state index contributed by atoms with van der Waals surface area (Å²) in [5.41, 5.74) is 2.39. The molecule has 0 N–H and O–H groups in total. The summed E-state index contributed by atoms with van der Waals surface area (Å²) < 4.78 is 18.4. The maximum Gasteiger partial charge on any atom is 0.123 e. The zero-order valence-electron chi connectivity index (χ0n) is 15.0. The van der Waals surface area contributed by atoms with Crippen molar-refractivity contribution in [1.82, 2.24) is 4.90 Å². The quantitative estimate of drug-likeness (QED) is 0.577. The van der Waals surface area contributed by atoms with Crippen LogP contribution in [-0.2, 0) is 13.0 Å². The van der Waals surface area contributed by atoms with Crippen molar-refractivity contribution in [2.45, 2.75) is 19.4 Å². The van der Waals surface area contributed by atoms with E-state index in [1.54, 1.807) is 7.11 Å². The van der Waals surface area contributed by atoms with Crippen LogP contribution in [0.4, 0.5) is 4.39 Å². The lowest BCUT2D eigenvalue weighted by Crippen LogP contribution is -2.23. The van der Waals surface area contributed by atoms with Gasteiger partial charge in [-0.25, -0.2) is 4.39 Å². The Bertz CT molecular complexity index is 770. The Hall–Kier alpha value is -2.20. The minimum atomic E-state index is -0.172. The molecule has 0 amide bonds. The Labute approximate surface area is 159 Å². The van der Waals surface area contributed by atoms with Gasteiger partial charge < -0.3 is 9.64 Å². The number of ether oxygens (including phenoxy) is 1. The van der Waals surface area contributed by atoms with Crippen molar-refractivity contribution >= 4 is 11.8 Å². The van der Waals surface area contributed by atoms with Crippen molar-refractivity contribution in [3.8, 4) is 5.75 Å². The molecule has 2 nitrogen and oxygen atoms in total. The Balaban J connectivity index is 1.53. The molecule has 26 heavy (non-hydrogen) atoms. The first-order valence-corrected chi connectivity index (χ1v) is 9.86. The highest BCUT2D eigenvalue weighted by Gasteiger charge is 2.14. The first kappa shape index (κ1) is 18.6. The maximum absolute atomic E-state index is 13.0. The van der Waals surface area contributed by atoms with Crippen LogP contribution in [0.1, 0.15) is 17.5 Å². The topological polar surface area (TPSA) is 12.5 Å². The van der Waals surface area contributed by atoms with Gasteiger partial charge in [-0.15, -0.1) is 11.8 Å². The molecule has 0 spiro atoms. The number of benzene rings is 2. The van der Waals surface area contributed by atoms with E-state index in [2.05, 4.69) is 35.3 Å². The van der Waals surface area contributed by atoms with Crippen LogP contribution in [0.3, 0.4) is 0 Å². The maximum atomic E-state index is 13.0. The van der Waals surface area contributed by atoms with E-state index in [1.165, 1.54) is 28.3 Å². The lowest BCUT2D eigenvalue weighted by Gasteiger charge is -2.28. The molecule has 0 aliphatic carbocycles. The van der Waals surface area contributed by atoms with Crippen molar-refractivity contribution in [3.05, 3.63) is 88.7 Å². The third-order valence-electron chi connectivity index (χ3n) is 4.34. The summed E-state index contributed by atoms with van der Waals surface area (Å²) in [4.78, 5) is 2.38. The lowest BCUT2D eigenvalue weighted by atomic mass is 10.1. The molecular weight excluding hydrogens is 345 g/mol. The third kappa shape index (κ3) is 5.15. The highest BCUT2D eigenvalue weighted by Crippen LogP contribution is 2.28. The number of hydrogen-bond donors (Lipinski definition) is 0. The summed E-state index contributed by atoms with van der Waals surface area (Å²) in [6.45, 7) is 1.75. The summed E-state index contributed by atoms with van der Waals surface area (Å²) in [7, 11) is 1.72. The normalized spacial score (nSPS) is 13.6. The van der Waals surface area contributed by atoms with Crippen LogP contribution < -0.4 is 4.74 Å². The summed E-state index contributed by atoms with van der Waals surface area (Å²) in [5, 5.41) is 1.29. The van der Waals surface area contributed by atoms with E-state index >= 15 is 0 Å². The Morgan fingerprint density at radius 1 is 1.12 bits per heavy atom. The van der Waals surface area contributed by atoms with E-state index in [4.69, 9.17) is 4.74 Å². The minimum Gasteiger partial charge on any atom is -0.496 e. The van der Waals surface area contributed by atoms with Crippen molar-refractivity contribution in [2.24, 2.45) is 0 Å². The minimum absolute atomic E-state index is 0.172. The molecule has 1 heterocycles. The van der Waals surface area contributed by atoms with Gasteiger partial charge in [0.1, 0.15) is 11.6 Å². The fourth-order valence-corrected chi connectivity index (χ4v) is 3.95. The zero-order chi connectivity index (χ0) is 18.2. The summed E-state index contributed by atoms with van der Waals surface area (Å²) in [5.74, 6) is 1.80.